The van der Waals surface area contributed by atoms with Crippen LogP contribution < -0.4 is 5.73 Å². The lowest BCUT2D eigenvalue weighted by atomic mass is 9.82. The van der Waals surface area contributed by atoms with E-state index < -0.39 is 6.61 Å². The molecule has 0 aromatic heterocycles. The van der Waals surface area contributed by atoms with Crippen molar-refractivity contribution < 1.29 is 13.5 Å². The number of rotatable bonds is 3. The van der Waals surface area contributed by atoms with E-state index in [1.165, 1.54) is 0 Å². The highest BCUT2D eigenvalue weighted by atomic mass is 19.3. The van der Waals surface area contributed by atoms with Gasteiger partial charge >= 0.3 is 6.61 Å². The first-order chi connectivity index (χ1) is 4.68. The Balaban J connectivity index is 1.95. The van der Waals surface area contributed by atoms with E-state index in [0.717, 1.165) is 12.8 Å². The van der Waals surface area contributed by atoms with Gasteiger partial charge in [-0.1, -0.05) is 0 Å². The highest BCUT2D eigenvalue weighted by Gasteiger charge is 2.26. The van der Waals surface area contributed by atoms with E-state index in [-0.39, 0.29) is 18.6 Å². The molecule has 0 atom stereocenters. The summed E-state index contributed by atoms with van der Waals surface area (Å²) in [7, 11) is 0. The highest BCUT2D eigenvalue weighted by molar-refractivity contribution is 4.81. The maximum atomic E-state index is 11.4. The SMILES string of the molecule is N[C@H]1C[C@H](COC(F)F)C1. The molecule has 1 rings (SSSR count). The lowest BCUT2D eigenvalue weighted by Gasteiger charge is -2.31. The van der Waals surface area contributed by atoms with Gasteiger partial charge in [-0.15, -0.1) is 0 Å². The Kier molecular flexibility index (Phi) is 2.56. The molecule has 2 nitrogen and oxygen atoms in total. The fourth-order valence-corrected chi connectivity index (χ4v) is 1.13. The van der Waals surface area contributed by atoms with Gasteiger partial charge in [0, 0.05) is 6.04 Å². The summed E-state index contributed by atoms with van der Waals surface area (Å²) in [5.41, 5.74) is 5.43. The summed E-state index contributed by atoms with van der Waals surface area (Å²) in [6, 6.07) is 0.214. The molecule has 0 aromatic rings. The molecular weight excluding hydrogens is 140 g/mol. The van der Waals surface area contributed by atoms with Gasteiger partial charge in [0.05, 0.1) is 6.61 Å². The molecule has 0 aromatic carbocycles. The molecule has 2 N–H and O–H groups in total. The van der Waals surface area contributed by atoms with E-state index in [1.807, 2.05) is 0 Å². The van der Waals surface area contributed by atoms with Gasteiger partial charge in [0.15, 0.2) is 0 Å². The van der Waals surface area contributed by atoms with Crippen LogP contribution in [-0.2, 0) is 4.74 Å². The second-order valence-corrected chi connectivity index (χ2v) is 2.69. The van der Waals surface area contributed by atoms with Crippen molar-refractivity contribution in [1.82, 2.24) is 0 Å². The van der Waals surface area contributed by atoms with E-state index in [1.54, 1.807) is 0 Å². The number of hydrogen-bond donors (Lipinski definition) is 1. The smallest absolute Gasteiger partial charge is 0.328 e. The van der Waals surface area contributed by atoms with Crippen LogP contribution in [0.2, 0.25) is 0 Å². The molecule has 1 saturated carbocycles. The first-order valence-electron chi connectivity index (χ1n) is 3.34. The van der Waals surface area contributed by atoms with Crippen molar-refractivity contribution >= 4 is 0 Å². The van der Waals surface area contributed by atoms with Gasteiger partial charge in [0.2, 0.25) is 0 Å². The summed E-state index contributed by atoms with van der Waals surface area (Å²) < 4.78 is 26.9. The second kappa shape index (κ2) is 3.25. The van der Waals surface area contributed by atoms with Crippen molar-refractivity contribution in [2.75, 3.05) is 6.61 Å². The minimum atomic E-state index is -2.63. The number of nitrogens with two attached hydrogens (primary N) is 1. The standard InChI is InChI=1S/C6H11F2NO/c7-6(8)10-3-4-1-5(9)2-4/h4-6H,1-3,9H2/t4-,5-. The molecule has 0 heterocycles. The zero-order valence-electron chi connectivity index (χ0n) is 5.59. The molecule has 1 fully saturated rings. The van der Waals surface area contributed by atoms with Crippen molar-refractivity contribution in [1.29, 1.82) is 0 Å². The average molecular weight is 151 g/mol. The van der Waals surface area contributed by atoms with Gasteiger partial charge in [-0.3, -0.25) is 0 Å². The Morgan fingerprint density at radius 2 is 2.10 bits per heavy atom. The van der Waals surface area contributed by atoms with Crippen LogP contribution in [0.3, 0.4) is 0 Å². The molecule has 0 unspecified atom stereocenters. The topological polar surface area (TPSA) is 35.2 Å². The number of alkyl halides is 2. The van der Waals surface area contributed by atoms with Gasteiger partial charge in [0.25, 0.3) is 0 Å². The Morgan fingerprint density at radius 3 is 2.50 bits per heavy atom. The largest absolute Gasteiger partial charge is 0.345 e. The Morgan fingerprint density at radius 1 is 1.50 bits per heavy atom. The summed E-state index contributed by atoms with van der Waals surface area (Å²) in [6.45, 7) is -2.47. The summed E-state index contributed by atoms with van der Waals surface area (Å²) in [4.78, 5) is 0. The van der Waals surface area contributed by atoms with Crippen molar-refractivity contribution in [2.45, 2.75) is 25.5 Å². The monoisotopic (exact) mass is 151 g/mol. The number of halogens is 2. The third kappa shape index (κ3) is 2.19. The molecule has 0 saturated heterocycles. The van der Waals surface area contributed by atoms with Gasteiger partial charge in [-0.05, 0) is 18.8 Å². The molecule has 1 aliphatic carbocycles. The fourth-order valence-electron chi connectivity index (χ4n) is 1.13. The van der Waals surface area contributed by atoms with Gasteiger partial charge in [0.1, 0.15) is 0 Å². The Hall–Kier alpha value is -0.220. The van der Waals surface area contributed by atoms with E-state index >= 15 is 0 Å². The molecule has 0 spiro atoms. The van der Waals surface area contributed by atoms with E-state index in [0.29, 0.717) is 0 Å². The zero-order valence-corrected chi connectivity index (χ0v) is 5.59. The van der Waals surface area contributed by atoms with Crippen LogP contribution in [-0.4, -0.2) is 19.3 Å². The molecule has 0 radical (unpaired) electrons. The van der Waals surface area contributed by atoms with Crippen molar-refractivity contribution in [3.63, 3.8) is 0 Å². The first kappa shape index (κ1) is 7.88. The fraction of sp³-hybridized carbons (Fsp3) is 1.00. The van der Waals surface area contributed by atoms with Crippen LogP contribution in [0.4, 0.5) is 8.78 Å². The molecule has 0 amide bonds. The molecular formula is C6H11F2NO. The maximum Gasteiger partial charge on any atom is 0.345 e. The Labute approximate surface area is 58.3 Å². The van der Waals surface area contributed by atoms with Crippen molar-refractivity contribution in [3.8, 4) is 0 Å². The minimum absolute atomic E-state index is 0.158. The molecule has 60 valence electrons. The summed E-state index contributed by atoms with van der Waals surface area (Å²) in [6.07, 6.45) is 1.65. The summed E-state index contributed by atoms with van der Waals surface area (Å²) in [5.74, 6) is 0.268. The first-order valence-corrected chi connectivity index (χ1v) is 3.34. The van der Waals surface area contributed by atoms with E-state index in [2.05, 4.69) is 4.74 Å². The molecule has 10 heavy (non-hydrogen) atoms. The van der Waals surface area contributed by atoms with Gasteiger partial charge in [-0.2, -0.15) is 8.78 Å². The van der Waals surface area contributed by atoms with Crippen LogP contribution in [0.5, 0.6) is 0 Å². The lowest BCUT2D eigenvalue weighted by Crippen LogP contribution is -2.38. The van der Waals surface area contributed by atoms with Crippen LogP contribution >= 0.6 is 0 Å². The quantitative estimate of drug-likeness (QED) is 0.652. The highest BCUT2D eigenvalue weighted by Crippen LogP contribution is 2.25. The second-order valence-electron chi connectivity index (χ2n) is 2.69. The number of ether oxygens (including phenoxy) is 1. The minimum Gasteiger partial charge on any atom is -0.328 e. The number of hydrogen-bond acceptors (Lipinski definition) is 2. The van der Waals surface area contributed by atoms with E-state index in [4.69, 9.17) is 5.73 Å². The zero-order chi connectivity index (χ0) is 7.56. The van der Waals surface area contributed by atoms with Crippen LogP contribution in [0, 0.1) is 5.92 Å². The average Bonchev–Trinajstić information content (AvgIpc) is 1.77. The van der Waals surface area contributed by atoms with Crippen LogP contribution in [0.25, 0.3) is 0 Å². The van der Waals surface area contributed by atoms with Crippen molar-refractivity contribution in [3.05, 3.63) is 0 Å². The summed E-state index contributed by atoms with van der Waals surface area (Å²) >= 11 is 0. The molecule has 0 aliphatic heterocycles. The normalized spacial score (nSPS) is 32.4. The van der Waals surface area contributed by atoms with Gasteiger partial charge in [-0.25, -0.2) is 0 Å². The molecule has 1 aliphatic rings. The van der Waals surface area contributed by atoms with E-state index in [9.17, 15) is 8.78 Å². The van der Waals surface area contributed by atoms with Gasteiger partial charge < -0.3 is 10.5 Å². The van der Waals surface area contributed by atoms with Crippen molar-refractivity contribution in [2.24, 2.45) is 11.7 Å². The lowest BCUT2D eigenvalue weighted by molar-refractivity contribution is -0.144. The Bertz CT molecular complexity index is 104. The predicted molar refractivity (Wildman–Crippen MR) is 32.7 cm³/mol. The molecule has 4 heteroatoms. The maximum absolute atomic E-state index is 11.4. The van der Waals surface area contributed by atoms with Crippen LogP contribution in [0.1, 0.15) is 12.8 Å². The third-order valence-electron chi connectivity index (χ3n) is 1.73. The van der Waals surface area contributed by atoms with Crippen LogP contribution in [0.15, 0.2) is 0 Å². The summed E-state index contributed by atoms with van der Waals surface area (Å²) in [5, 5.41) is 0. The molecule has 0 bridgehead atoms. The predicted octanol–water partition coefficient (Wildman–Crippen LogP) is 0.963. The third-order valence-corrected chi connectivity index (χ3v) is 1.73.